The molecule has 0 saturated carbocycles. The van der Waals surface area contributed by atoms with Gasteiger partial charge in [0, 0.05) is 12.5 Å². The third-order valence-corrected chi connectivity index (χ3v) is 5.56. The normalized spacial score (nSPS) is 17.3. The SMILES string of the molecule is CCOc1ccccc1OC[C@@H]1CN(C(=O)OC(OC(=O)[C@H](NC(=O)OC(C)(C)C)C(C)C)C(C)C)CCO1. The zero-order valence-corrected chi connectivity index (χ0v) is 24.4. The van der Waals surface area contributed by atoms with Crippen LogP contribution < -0.4 is 14.8 Å². The predicted molar refractivity (Wildman–Crippen MR) is 144 cm³/mol. The smallest absolute Gasteiger partial charge is 0.413 e. The van der Waals surface area contributed by atoms with Gasteiger partial charge in [0.1, 0.15) is 24.4 Å². The topological polar surface area (TPSA) is 122 Å². The van der Waals surface area contributed by atoms with Crippen LogP contribution in [0.25, 0.3) is 0 Å². The largest absolute Gasteiger partial charge is 0.490 e. The van der Waals surface area contributed by atoms with E-state index < -0.39 is 36.1 Å². The van der Waals surface area contributed by atoms with Gasteiger partial charge < -0.3 is 38.6 Å². The number of rotatable bonds is 11. The number of amides is 2. The lowest BCUT2D eigenvalue weighted by Crippen LogP contribution is -2.50. The van der Waals surface area contributed by atoms with Gasteiger partial charge >= 0.3 is 18.2 Å². The first kappa shape index (κ1) is 32.0. The number of hydrogen-bond acceptors (Lipinski definition) is 9. The van der Waals surface area contributed by atoms with Crippen molar-refractivity contribution in [1.29, 1.82) is 0 Å². The maximum absolute atomic E-state index is 13.0. The fourth-order valence-electron chi connectivity index (χ4n) is 3.60. The van der Waals surface area contributed by atoms with Crippen LogP contribution in [0.15, 0.2) is 24.3 Å². The highest BCUT2D eigenvalue weighted by Gasteiger charge is 2.34. The molecular weight excluding hydrogens is 508 g/mol. The summed E-state index contributed by atoms with van der Waals surface area (Å²) in [5, 5.41) is 2.55. The van der Waals surface area contributed by atoms with E-state index in [9.17, 15) is 14.4 Å². The summed E-state index contributed by atoms with van der Waals surface area (Å²) in [7, 11) is 0. The maximum atomic E-state index is 13.0. The van der Waals surface area contributed by atoms with Gasteiger partial charge in [-0.05, 0) is 45.7 Å². The molecule has 0 spiro atoms. The fourth-order valence-corrected chi connectivity index (χ4v) is 3.60. The summed E-state index contributed by atoms with van der Waals surface area (Å²) in [6.07, 6.45) is -2.90. The quantitative estimate of drug-likeness (QED) is 0.315. The highest BCUT2D eigenvalue weighted by Crippen LogP contribution is 2.27. The van der Waals surface area contributed by atoms with Crippen molar-refractivity contribution in [3.05, 3.63) is 24.3 Å². The number of hydrogen-bond donors (Lipinski definition) is 1. The van der Waals surface area contributed by atoms with Crippen LogP contribution in [0, 0.1) is 11.8 Å². The molecule has 1 N–H and O–H groups in total. The van der Waals surface area contributed by atoms with Crippen LogP contribution in [-0.4, -0.2) is 80.0 Å². The Labute approximate surface area is 231 Å². The van der Waals surface area contributed by atoms with E-state index in [4.69, 9.17) is 28.4 Å². The second-order valence-corrected chi connectivity index (χ2v) is 10.9. The summed E-state index contributed by atoms with van der Waals surface area (Å²) >= 11 is 0. The van der Waals surface area contributed by atoms with Crippen LogP contribution in [0.3, 0.4) is 0 Å². The summed E-state index contributed by atoms with van der Waals surface area (Å²) in [5.74, 6) is -0.115. The molecule has 1 aromatic rings. The van der Waals surface area contributed by atoms with Crippen molar-refractivity contribution in [3.8, 4) is 11.5 Å². The molecule has 2 amide bonds. The van der Waals surface area contributed by atoms with Crippen LogP contribution in [0.1, 0.15) is 55.4 Å². The van der Waals surface area contributed by atoms with Crippen molar-refractivity contribution in [1.82, 2.24) is 10.2 Å². The van der Waals surface area contributed by atoms with Gasteiger partial charge in [0.15, 0.2) is 11.5 Å². The standard InChI is InChI=1S/C28H44N2O9/c1-9-34-21-12-10-11-13-22(21)36-17-20-16-30(14-15-35-20)27(33)38-25(19(4)5)37-24(31)23(18(2)3)29-26(32)39-28(6,7)8/h10-13,18-20,23,25H,9,14-17H2,1-8H3,(H,29,32)/t20-,23+,25?/m0/s1. The van der Waals surface area contributed by atoms with Crippen LogP contribution in [0.4, 0.5) is 9.59 Å². The molecule has 1 saturated heterocycles. The fraction of sp³-hybridized carbons (Fsp3) is 0.679. The summed E-state index contributed by atoms with van der Waals surface area (Å²) in [6, 6.07) is 6.36. The van der Waals surface area contributed by atoms with E-state index in [0.29, 0.717) is 31.3 Å². The van der Waals surface area contributed by atoms with Gasteiger partial charge in [0.25, 0.3) is 6.29 Å². The second kappa shape index (κ2) is 14.8. The lowest BCUT2D eigenvalue weighted by Gasteiger charge is -2.34. The molecule has 0 aliphatic carbocycles. The molecule has 1 fully saturated rings. The Balaban J connectivity index is 1.96. The number of para-hydroxylation sites is 2. The summed E-state index contributed by atoms with van der Waals surface area (Å²) in [4.78, 5) is 39.7. The average Bonchev–Trinajstić information content (AvgIpc) is 2.85. The zero-order chi connectivity index (χ0) is 29.2. The van der Waals surface area contributed by atoms with Gasteiger partial charge in [-0.2, -0.15) is 0 Å². The van der Waals surface area contributed by atoms with E-state index in [1.54, 1.807) is 48.5 Å². The number of benzene rings is 1. The first-order valence-corrected chi connectivity index (χ1v) is 13.4. The molecule has 1 unspecified atom stereocenters. The maximum Gasteiger partial charge on any atom is 0.413 e. The Morgan fingerprint density at radius 3 is 2.23 bits per heavy atom. The number of nitrogens with one attached hydrogen (secondary N) is 1. The number of morpholine rings is 1. The lowest BCUT2D eigenvalue weighted by atomic mass is 10.0. The van der Waals surface area contributed by atoms with Gasteiger partial charge in [-0.1, -0.05) is 39.8 Å². The lowest BCUT2D eigenvalue weighted by molar-refractivity contribution is -0.181. The average molecular weight is 553 g/mol. The van der Waals surface area contributed by atoms with Crippen molar-refractivity contribution in [2.45, 2.75) is 79.4 Å². The van der Waals surface area contributed by atoms with E-state index in [1.807, 2.05) is 31.2 Å². The minimum atomic E-state index is -1.15. The number of carbonyl (C=O) groups is 3. The molecule has 1 aliphatic heterocycles. The molecule has 0 aromatic heterocycles. The van der Waals surface area contributed by atoms with E-state index in [1.165, 1.54) is 4.90 Å². The molecule has 0 radical (unpaired) electrons. The van der Waals surface area contributed by atoms with Crippen LogP contribution in [0.5, 0.6) is 11.5 Å². The van der Waals surface area contributed by atoms with E-state index in [-0.39, 0.29) is 31.1 Å². The van der Waals surface area contributed by atoms with Gasteiger partial charge in [-0.25, -0.2) is 14.4 Å². The van der Waals surface area contributed by atoms with Gasteiger partial charge in [0.2, 0.25) is 0 Å². The number of carbonyl (C=O) groups excluding carboxylic acids is 3. The molecule has 0 bridgehead atoms. The first-order valence-electron chi connectivity index (χ1n) is 13.4. The molecule has 1 heterocycles. The number of nitrogens with zero attached hydrogens (tertiary/aromatic N) is 1. The van der Waals surface area contributed by atoms with E-state index in [0.717, 1.165) is 0 Å². The number of alkyl carbamates (subject to hydrolysis) is 1. The molecule has 220 valence electrons. The Bertz CT molecular complexity index is 945. The Kier molecular flexibility index (Phi) is 12.2. The first-order chi connectivity index (χ1) is 18.3. The zero-order valence-electron chi connectivity index (χ0n) is 24.4. The second-order valence-electron chi connectivity index (χ2n) is 10.9. The van der Waals surface area contributed by atoms with E-state index in [2.05, 4.69) is 5.32 Å². The molecule has 11 nitrogen and oxygen atoms in total. The van der Waals surface area contributed by atoms with Crippen molar-refractivity contribution in [2.24, 2.45) is 11.8 Å². The highest BCUT2D eigenvalue weighted by atomic mass is 16.7. The van der Waals surface area contributed by atoms with Gasteiger partial charge in [-0.15, -0.1) is 0 Å². The minimum Gasteiger partial charge on any atom is -0.490 e. The predicted octanol–water partition coefficient (Wildman–Crippen LogP) is 4.38. The third kappa shape index (κ3) is 10.8. The molecule has 39 heavy (non-hydrogen) atoms. The molecule has 1 aromatic carbocycles. The van der Waals surface area contributed by atoms with Crippen molar-refractivity contribution in [2.75, 3.05) is 32.9 Å². The van der Waals surface area contributed by atoms with Gasteiger partial charge in [-0.3, -0.25) is 0 Å². The van der Waals surface area contributed by atoms with Crippen molar-refractivity contribution < 1.29 is 42.8 Å². The number of ether oxygens (including phenoxy) is 6. The summed E-state index contributed by atoms with van der Waals surface area (Å²) in [5.41, 5.74) is -0.723. The molecule has 3 atom stereocenters. The molecular formula is C28H44N2O9. The van der Waals surface area contributed by atoms with Crippen LogP contribution in [0.2, 0.25) is 0 Å². The Morgan fingerprint density at radius 2 is 1.67 bits per heavy atom. The van der Waals surface area contributed by atoms with Crippen LogP contribution in [-0.2, 0) is 23.7 Å². The Morgan fingerprint density at radius 1 is 1.03 bits per heavy atom. The minimum absolute atomic E-state index is 0.211. The third-order valence-electron chi connectivity index (χ3n) is 5.56. The number of esters is 1. The molecule has 11 heteroatoms. The van der Waals surface area contributed by atoms with Gasteiger partial charge in [0.05, 0.1) is 19.8 Å². The molecule has 1 aliphatic rings. The monoisotopic (exact) mass is 552 g/mol. The highest BCUT2D eigenvalue weighted by molar-refractivity contribution is 5.82. The summed E-state index contributed by atoms with van der Waals surface area (Å²) in [6.45, 7) is 15.7. The van der Waals surface area contributed by atoms with Crippen molar-refractivity contribution >= 4 is 18.2 Å². The van der Waals surface area contributed by atoms with E-state index >= 15 is 0 Å². The van der Waals surface area contributed by atoms with Crippen molar-refractivity contribution in [3.63, 3.8) is 0 Å². The van der Waals surface area contributed by atoms with Crippen LogP contribution >= 0.6 is 0 Å². The molecule has 2 rings (SSSR count). The summed E-state index contributed by atoms with van der Waals surface area (Å²) < 4.78 is 33.6. The Hall–Kier alpha value is -3.21.